The summed E-state index contributed by atoms with van der Waals surface area (Å²) in [7, 11) is 0. The maximum Gasteiger partial charge on any atom is 0.306 e. The number of thiol groups is 1. The highest BCUT2D eigenvalue weighted by Gasteiger charge is 1.98. The van der Waals surface area contributed by atoms with Crippen molar-refractivity contribution in [1.29, 1.82) is 0 Å². The molecule has 0 aromatic rings. The minimum absolute atomic E-state index is 0.184. The van der Waals surface area contributed by atoms with Crippen molar-refractivity contribution >= 4 is 18.6 Å². The smallest absolute Gasteiger partial charge is 0.306 e. The Morgan fingerprint density at radius 3 is 2.80 bits per heavy atom. The van der Waals surface area contributed by atoms with E-state index in [0.717, 1.165) is 0 Å². The van der Waals surface area contributed by atoms with Crippen molar-refractivity contribution in [3.05, 3.63) is 0 Å². The van der Waals surface area contributed by atoms with Crippen LogP contribution in [0.1, 0.15) is 12.8 Å². The quantitative estimate of drug-likeness (QED) is 0.377. The molecule has 0 spiro atoms. The Labute approximate surface area is 65.2 Å². The molecule has 2 nitrogen and oxygen atoms in total. The molecule has 0 aromatic carbocycles. The molecule has 60 valence electrons. The summed E-state index contributed by atoms with van der Waals surface area (Å²) < 4.78 is 16.0. The zero-order chi connectivity index (χ0) is 7.82. The molecule has 0 saturated carbocycles. The third kappa shape index (κ3) is 5.88. The van der Waals surface area contributed by atoms with Gasteiger partial charge in [0.2, 0.25) is 0 Å². The van der Waals surface area contributed by atoms with Crippen LogP contribution in [0.4, 0.5) is 4.39 Å². The minimum Gasteiger partial charge on any atom is -0.466 e. The molecule has 0 radical (unpaired) electrons. The number of esters is 1. The van der Waals surface area contributed by atoms with E-state index >= 15 is 0 Å². The summed E-state index contributed by atoms with van der Waals surface area (Å²) >= 11 is 3.83. The molecule has 0 bridgehead atoms. The first-order chi connectivity index (χ1) is 4.81. The van der Waals surface area contributed by atoms with E-state index in [2.05, 4.69) is 17.4 Å². The van der Waals surface area contributed by atoms with Gasteiger partial charge in [-0.2, -0.15) is 12.6 Å². The second kappa shape index (κ2) is 6.86. The van der Waals surface area contributed by atoms with Crippen LogP contribution in [0, 0.1) is 0 Å². The zero-order valence-electron chi connectivity index (χ0n) is 5.68. The highest BCUT2D eigenvalue weighted by molar-refractivity contribution is 7.80. The first-order valence-electron chi connectivity index (χ1n) is 3.13. The normalized spacial score (nSPS) is 9.40. The minimum atomic E-state index is -0.436. The van der Waals surface area contributed by atoms with Gasteiger partial charge in [0.25, 0.3) is 0 Å². The number of hydrogen-bond acceptors (Lipinski definition) is 3. The van der Waals surface area contributed by atoms with Gasteiger partial charge in [-0.05, 0) is 0 Å². The monoisotopic (exact) mass is 166 g/mol. The third-order valence-electron chi connectivity index (χ3n) is 0.857. The van der Waals surface area contributed by atoms with Gasteiger partial charge in [-0.1, -0.05) is 0 Å². The lowest BCUT2D eigenvalue weighted by Gasteiger charge is -1.99. The molecule has 10 heavy (non-hydrogen) atoms. The first kappa shape index (κ1) is 9.75. The lowest BCUT2D eigenvalue weighted by atomic mass is 10.5. The van der Waals surface area contributed by atoms with Crippen LogP contribution >= 0.6 is 12.6 Å². The Morgan fingerprint density at radius 2 is 2.30 bits per heavy atom. The van der Waals surface area contributed by atoms with Crippen LogP contribution in [0.2, 0.25) is 0 Å². The number of carbonyl (C=O) groups excluding carboxylic acids is 1. The number of rotatable bonds is 5. The van der Waals surface area contributed by atoms with Crippen LogP contribution in [-0.4, -0.2) is 25.0 Å². The van der Waals surface area contributed by atoms with Crippen LogP contribution in [0.15, 0.2) is 0 Å². The number of hydrogen-bond donors (Lipinski definition) is 1. The summed E-state index contributed by atoms with van der Waals surface area (Å²) in [5.74, 6) is 0.178. The fourth-order valence-electron chi connectivity index (χ4n) is 0.404. The van der Waals surface area contributed by atoms with E-state index in [1.54, 1.807) is 0 Å². The van der Waals surface area contributed by atoms with Crippen LogP contribution in [0.5, 0.6) is 0 Å². The zero-order valence-corrected chi connectivity index (χ0v) is 6.57. The number of carbonyl (C=O) groups is 1. The van der Waals surface area contributed by atoms with Crippen molar-refractivity contribution in [2.24, 2.45) is 0 Å². The summed E-state index contributed by atoms with van der Waals surface area (Å²) in [6.45, 7) is -0.253. The van der Waals surface area contributed by atoms with E-state index in [1.807, 2.05) is 0 Å². The highest BCUT2D eigenvalue weighted by Crippen LogP contribution is 1.90. The summed E-state index contributed by atoms with van der Waals surface area (Å²) in [6.07, 6.45) is 0.591. The van der Waals surface area contributed by atoms with Crippen LogP contribution < -0.4 is 0 Å². The Balaban J connectivity index is 3.05. The summed E-state index contributed by atoms with van der Waals surface area (Å²) in [4.78, 5) is 10.5. The third-order valence-corrected chi connectivity index (χ3v) is 1.08. The van der Waals surface area contributed by atoms with Gasteiger partial charge in [0.1, 0.15) is 0 Å². The fraction of sp³-hybridized carbons (Fsp3) is 0.833. The van der Waals surface area contributed by atoms with Crippen molar-refractivity contribution < 1.29 is 13.9 Å². The second-order valence-corrected chi connectivity index (χ2v) is 2.18. The SMILES string of the molecule is O=C(CCS)OCCCF. The van der Waals surface area contributed by atoms with Crippen LogP contribution in [0.3, 0.4) is 0 Å². The van der Waals surface area contributed by atoms with Gasteiger partial charge < -0.3 is 4.74 Å². The van der Waals surface area contributed by atoms with Crippen LogP contribution in [0.25, 0.3) is 0 Å². The van der Waals surface area contributed by atoms with Gasteiger partial charge in [-0.15, -0.1) is 0 Å². The first-order valence-corrected chi connectivity index (χ1v) is 3.77. The van der Waals surface area contributed by atoms with Gasteiger partial charge in [0.05, 0.1) is 19.7 Å². The average molecular weight is 166 g/mol. The predicted octanol–water partition coefficient (Wildman–Crippen LogP) is 1.21. The molecule has 0 aromatic heterocycles. The molecule has 0 heterocycles. The molecule has 0 unspecified atom stereocenters. The van der Waals surface area contributed by atoms with Gasteiger partial charge in [0.15, 0.2) is 0 Å². The molecular formula is C6H11FO2S. The Hall–Kier alpha value is -0.250. The number of ether oxygens (including phenoxy) is 1. The molecule has 0 amide bonds. The predicted molar refractivity (Wildman–Crippen MR) is 40.0 cm³/mol. The average Bonchev–Trinajstić information content (AvgIpc) is 1.89. The van der Waals surface area contributed by atoms with E-state index < -0.39 is 6.67 Å². The van der Waals surface area contributed by atoms with Gasteiger partial charge >= 0.3 is 5.97 Å². The van der Waals surface area contributed by atoms with Crippen molar-refractivity contribution in [2.75, 3.05) is 19.0 Å². The van der Waals surface area contributed by atoms with Gasteiger partial charge in [0, 0.05) is 12.2 Å². The topological polar surface area (TPSA) is 26.3 Å². The summed E-state index contributed by atoms with van der Waals surface area (Å²) in [6, 6.07) is 0. The summed E-state index contributed by atoms with van der Waals surface area (Å²) in [5.41, 5.74) is 0. The molecule has 0 atom stereocenters. The molecular weight excluding hydrogens is 155 g/mol. The van der Waals surface area contributed by atoms with Crippen molar-refractivity contribution in [2.45, 2.75) is 12.8 Å². The highest BCUT2D eigenvalue weighted by atomic mass is 32.1. The summed E-state index contributed by atoms with van der Waals surface area (Å²) in [5, 5.41) is 0. The standard InChI is InChI=1S/C6H11FO2S/c7-3-1-4-9-6(8)2-5-10/h10H,1-5H2. The van der Waals surface area contributed by atoms with E-state index in [9.17, 15) is 9.18 Å². The lowest BCUT2D eigenvalue weighted by molar-refractivity contribution is -0.143. The molecule has 0 N–H and O–H groups in total. The Kier molecular flexibility index (Phi) is 6.69. The fourth-order valence-corrected chi connectivity index (χ4v) is 0.587. The molecule has 0 aliphatic rings. The Morgan fingerprint density at radius 1 is 1.60 bits per heavy atom. The number of halogens is 1. The molecule has 0 fully saturated rings. The second-order valence-electron chi connectivity index (χ2n) is 1.74. The van der Waals surface area contributed by atoms with Gasteiger partial charge in [-0.3, -0.25) is 9.18 Å². The van der Waals surface area contributed by atoms with E-state index in [0.29, 0.717) is 12.2 Å². The van der Waals surface area contributed by atoms with E-state index in [-0.39, 0.29) is 19.0 Å². The largest absolute Gasteiger partial charge is 0.466 e. The van der Waals surface area contributed by atoms with Crippen molar-refractivity contribution in [1.82, 2.24) is 0 Å². The molecule has 0 aliphatic carbocycles. The molecule has 4 heteroatoms. The maximum atomic E-state index is 11.4. The van der Waals surface area contributed by atoms with E-state index in [1.165, 1.54) is 0 Å². The molecule has 0 aliphatic heterocycles. The maximum absolute atomic E-state index is 11.4. The van der Waals surface area contributed by atoms with Crippen LogP contribution in [-0.2, 0) is 9.53 Å². The van der Waals surface area contributed by atoms with Crippen molar-refractivity contribution in [3.8, 4) is 0 Å². The number of alkyl halides is 1. The Bertz CT molecular complexity index is 97.7. The van der Waals surface area contributed by atoms with Crippen molar-refractivity contribution in [3.63, 3.8) is 0 Å². The van der Waals surface area contributed by atoms with E-state index in [4.69, 9.17) is 0 Å². The molecule has 0 rings (SSSR count). The molecule has 0 saturated heterocycles. The van der Waals surface area contributed by atoms with Gasteiger partial charge in [-0.25, -0.2) is 0 Å². The lowest BCUT2D eigenvalue weighted by Crippen LogP contribution is -2.06.